The highest BCUT2D eigenvalue weighted by Crippen LogP contribution is 2.59. The number of carboxylic acid groups (broad SMARTS) is 1. The van der Waals surface area contributed by atoms with Gasteiger partial charge in [-0.2, -0.15) is 0 Å². The van der Waals surface area contributed by atoms with Gasteiger partial charge in [-0.3, -0.25) is 0 Å². The van der Waals surface area contributed by atoms with E-state index in [1.807, 2.05) is 6.92 Å². The Morgan fingerprint density at radius 2 is 1.90 bits per heavy atom. The van der Waals surface area contributed by atoms with Crippen LogP contribution in [-0.2, 0) is 9.53 Å². The van der Waals surface area contributed by atoms with Crippen LogP contribution < -0.4 is 0 Å². The van der Waals surface area contributed by atoms with Crippen LogP contribution in [0.3, 0.4) is 0 Å². The zero-order chi connectivity index (χ0) is 14.5. The van der Waals surface area contributed by atoms with E-state index >= 15 is 0 Å². The van der Waals surface area contributed by atoms with Gasteiger partial charge in [0.2, 0.25) is 0 Å². The standard InChI is InChI=1S/C16H24O4/c1-10(14(17)18)3-11(2)20-16-7-12-4-13(8-16)6-15(19,5-12)9-16/h3,11-13,19H,4-9H2,1-2H3,(H,17,18). The van der Waals surface area contributed by atoms with Crippen molar-refractivity contribution in [2.75, 3.05) is 0 Å². The van der Waals surface area contributed by atoms with E-state index in [0.29, 0.717) is 17.4 Å². The molecule has 0 radical (unpaired) electrons. The van der Waals surface area contributed by atoms with Gasteiger partial charge >= 0.3 is 5.97 Å². The van der Waals surface area contributed by atoms with Crippen molar-refractivity contribution in [3.63, 3.8) is 0 Å². The molecule has 4 saturated carbocycles. The summed E-state index contributed by atoms with van der Waals surface area (Å²) in [4.78, 5) is 10.9. The van der Waals surface area contributed by atoms with Gasteiger partial charge in [-0.05, 0) is 63.9 Å². The van der Waals surface area contributed by atoms with E-state index in [9.17, 15) is 9.90 Å². The molecule has 0 spiro atoms. The van der Waals surface area contributed by atoms with Crippen LogP contribution in [0, 0.1) is 11.8 Å². The van der Waals surface area contributed by atoms with Gasteiger partial charge in [0.1, 0.15) is 0 Å². The van der Waals surface area contributed by atoms with Crippen LogP contribution in [0.5, 0.6) is 0 Å². The molecule has 4 bridgehead atoms. The zero-order valence-electron chi connectivity index (χ0n) is 12.3. The first-order valence-electron chi connectivity index (χ1n) is 7.61. The van der Waals surface area contributed by atoms with Crippen molar-refractivity contribution in [2.45, 2.75) is 69.7 Å². The van der Waals surface area contributed by atoms with Crippen LogP contribution in [0.4, 0.5) is 0 Å². The van der Waals surface area contributed by atoms with Crippen LogP contribution in [0.15, 0.2) is 11.6 Å². The highest BCUT2D eigenvalue weighted by atomic mass is 16.5. The highest BCUT2D eigenvalue weighted by Gasteiger charge is 2.58. The molecule has 4 fully saturated rings. The third kappa shape index (κ3) is 2.51. The Morgan fingerprint density at radius 3 is 2.40 bits per heavy atom. The van der Waals surface area contributed by atoms with Gasteiger partial charge in [0.25, 0.3) is 0 Å². The molecule has 4 rings (SSSR count). The van der Waals surface area contributed by atoms with E-state index in [1.165, 1.54) is 6.42 Å². The summed E-state index contributed by atoms with van der Waals surface area (Å²) >= 11 is 0. The largest absolute Gasteiger partial charge is 0.478 e. The van der Waals surface area contributed by atoms with Gasteiger partial charge in [0.05, 0.1) is 17.3 Å². The second-order valence-corrected chi connectivity index (χ2v) is 7.35. The van der Waals surface area contributed by atoms with Gasteiger partial charge in [-0.1, -0.05) is 0 Å². The quantitative estimate of drug-likeness (QED) is 0.776. The summed E-state index contributed by atoms with van der Waals surface area (Å²) in [5, 5.41) is 19.6. The predicted octanol–water partition coefficient (Wildman–Crippen LogP) is 2.51. The van der Waals surface area contributed by atoms with E-state index in [1.54, 1.807) is 13.0 Å². The molecule has 4 aliphatic carbocycles. The fraction of sp³-hybridized carbons (Fsp3) is 0.812. The van der Waals surface area contributed by atoms with Crippen molar-refractivity contribution in [1.29, 1.82) is 0 Å². The Balaban J connectivity index is 1.74. The predicted molar refractivity (Wildman–Crippen MR) is 74.3 cm³/mol. The number of hydrogen-bond acceptors (Lipinski definition) is 3. The molecule has 0 aromatic rings. The summed E-state index contributed by atoms with van der Waals surface area (Å²) in [7, 11) is 0. The Hall–Kier alpha value is -0.870. The van der Waals surface area contributed by atoms with E-state index in [4.69, 9.17) is 9.84 Å². The fourth-order valence-electron chi connectivity index (χ4n) is 5.12. The maximum absolute atomic E-state index is 10.9. The third-order valence-electron chi connectivity index (χ3n) is 5.23. The lowest BCUT2D eigenvalue weighted by molar-refractivity contribution is -0.227. The molecule has 2 N–H and O–H groups in total. The van der Waals surface area contributed by atoms with Crippen molar-refractivity contribution in [3.05, 3.63) is 11.6 Å². The topological polar surface area (TPSA) is 66.8 Å². The van der Waals surface area contributed by atoms with E-state index in [0.717, 1.165) is 32.1 Å². The van der Waals surface area contributed by atoms with Crippen molar-refractivity contribution in [3.8, 4) is 0 Å². The average molecular weight is 280 g/mol. The molecule has 0 amide bonds. The van der Waals surface area contributed by atoms with Gasteiger partial charge in [0.15, 0.2) is 0 Å². The molecular formula is C16H24O4. The van der Waals surface area contributed by atoms with Crippen LogP contribution in [0.2, 0.25) is 0 Å². The number of carbonyl (C=O) groups is 1. The Kier molecular flexibility index (Phi) is 3.22. The molecule has 4 heteroatoms. The number of rotatable bonds is 4. The number of aliphatic carboxylic acids is 1. The van der Waals surface area contributed by atoms with E-state index in [2.05, 4.69) is 0 Å². The van der Waals surface area contributed by atoms with E-state index < -0.39 is 11.6 Å². The number of aliphatic hydroxyl groups is 1. The molecule has 0 aromatic heterocycles. The van der Waals surface area contributed by atoms with Crippen LogP contribution in [-0.4, -0.2) is 33.5 Å². The second-order valence-electron chi connectivity index (χ2n) is 7.35. The molecule has 112 valence electrons. The lowest BCUT2D eigenvalue weighted by Crippen LogP contribution is -2.60. The highest BCUT2D eigenvalue weighted by molar-refractivity contribution is 5.85. The lowest BCUT2D eigenvalue weighted by atomic mass is 9.52. The summed E-state index contributed by atoms with van der Waals surface area (Å²) < 4.78 is 6.24. The minimum absolute atomic E-state index is 0.217. The molecule has 0 heterocycles. The normalized spacial score (nSPS) is 44.6. The van der Waals surface area contributed by atoms with Crippen LogP contribution in [0.1, 0.15) is 52.4 Å². The molecular weight excluding hydrogens is 256 g/mol. The third-order valence-corrected chi connectivity index (χ3v) is 5.23. The molecule has 0 aromatic carbocycles. The van der Waals surface area contributed by atoms with E-state index in [-0.39, 0.29) is 11.7 Å². The first-order chi connectivity index (χ1) is 9.29. The van der Waals surface area contributed by atoms with Crippen molar-refractivity contribution in [1.82, 2.24) is 0 Å². The van der Waals surface area contributed by atoms with Gasteiger partial charge in [-0.15, -0.1) is 0 Å². The molecule has 0 aliphatic heterocycles. The Labute approximate surface area is 119 Å². The van der Waals surface area contributed by atoms with Gasteiger partial charge in [-0.25, -0.2) is 4.79 Å². The molecule has 0 saturated heterocycles. The summed E-state index contributed by atoms with van der Waals surface area (Å²) in [6.07, 6.45) is 7.30. The summed E-state index contributed by atoms with van der Waals surface area (Å²) in [6, 6.07) is 0. The smallest absolute Gasteiger partial charge is 0.331 e. The van der Waals surface area contributed by atoms with Crippen LogP contribution in [0.25, 0.3) is 0 Å². The summed E-state index contributed by atoms with van der Waals surface area (Å²) in [6.45, 7) is 3.49. The molecule has 4 nitrogen and oxygen atoms in total. The van der Waals surface area contributed by atoms with Crippen molar-refractivity contribution >= 4 is 5.97 Å². The Bertz CT molecular complexity index is 439. The molecule has 20 heavy (non-hydrogen) atoms. The lowest BCUT2D eigenvalue weighted by Gasteiger charge is -2.60. The molecule has 4 aliphatic rings. The maximum Gasteiger partial charge on any atom is 0.331 e. The first-order valence-corrected chi connectivity index (χ1v) is 7.61. The summed E-state index contributed by atoms with van der Waals surface area (Å²) in [5.74, 6) is 0.264. The molecule has 3 atom stereocenters. The van der Waals surface area contributed by atoms with Crippen LogP contribution >= 0.6 is 0 Å². The SMILES string of the molecule is CC(=CC(C)OC12CC3CC(CC(O)(C3)C1)C2)C(=O)O. The monoisotopic (exact) mass is 280 g/mol. The van der Waals surface area contributed by atoms with Gasteiger partial charge < -0.3 is 14.9 Å². The minimum Gasteiger partial charge on any atom is -0.478 e. The minimum atomic E-state index is -0.899. The number of carboxylic acids is 1. The second kappa shape index (κ2) is 4.57. The number of hydrogen-bond donors (Lipinski definition) is 2. The molecule has 3 unspecified atom stereocenters. The first kappa shape index (κ1) is 14.1. The maximum atomic E-state index is 10.9. The number of ether oxygens (including phenoxy) is 1. The fourth-order valence-corrected chi connectivity index (χ4v) is 5.12. The zero-order valence-corrected chi connectivity index (χ0v) is 12.3. The summed E-state index contributed by atoms with van der Waals surface area (Å²) in [5.41, 5.74) is -0.441. The Morgan fingerprint density at radius 1 is 1.30 bits per heavy atom. The van der Waals surface area contributed by atoms with Crippen molar-refractivity contribution in [2.24, 2.45) is 11.8 Å². The van der Waals surface area contributed by atoms with Gasteiger partial charge in [0, 0.05) is 12.0 Å². The van der Waals surface area contributed by atoms with Crippen molar-refractivity contribution < 1.29 is 19.7 Å². The average Bonchev–Trinajstić information content (AvgIpc) is 2.23.